The van der Waals surface area contributed by atoms with E-state index in [9.17, 15) is 14.4 Å². The van der Waals surface area contributed by atoms with Crippen molar-refractivity contribution >= 4 is 29.5 Å². The zero-order chi connectivity index (χ0) is 17.6. The van der Waals surface area contributed by atoms with Crippen LogP contribution in [-0.2, 0) is 19.1 Å². The van der Waals surface area contributed by atoms with E-state index in [1.54, 1.807) is 18.7 Å². The maximum absolute atomic E-state index is 11.8. The van der Waals surface area contributed by atoms with Crippen LogP contribution in [0.5, 0.6) is 0 Å². The third kappa shape index (κ3) is 2.28. The minimum Gasteiger partial charge on any atom is -0.477 e. The molecule has 0 aromatic heterocycles. The quantitative estimate of drug-likeness (QED) is 0.756. The Morgan fingerprint density at radius 1 is 1.46 bits per heavy atom. The number of nitrogens with zero attached hydrogens (tertiary/aromatic N) is 2. The Morgan fingerprint density at radius 2 is 2.17 bits per heavy atom. The second kappa shape index (κ2) is 5.93. The molecule has 0 aliphatic carbocycles. The molecule has 0 saturated carbocycles. The fourth-order valence-electron chi connectivity index (χ4n) is 3.39. The molecule has 7 nitrogen and oxygen atoms in total. The average molecular weight is 352 g/mol. The van der Waals surface area contributed by atoms with Gasteiger partial charge in [0.25, 0.3) is 0 Å². The lowest BCUT2D eigenvalue weighted by Crippen LogP contribution is -2.70. The highest BCUT2D eigenvalue weighted by atomic mass is 32.2. The Morgan fingerprint density at radius 3 is 2.67 bits per heavy atom. The molecule has 4 heterocycles. The summed E-state index contributed by atoms with van der Waals surface area (Å²) in [6.07, 6.45) is 5.78. The van der Waals surface area contributed by atoms with Gasteiger partial charge in [-0.25, -0.2) is 4.79 Å². The maximum atomic E-state index is 11.8. The number of carboxylic acids is 1. The molecule has 130 valence electrons. The van der Waals surface area contributed by atoms with Crippen LogP contribution in [0.15, 0.2) is 23.5 Å². The molecule has 24 heavy (non-hydrogen) atoms. The normalized spacial score (nSPS) is 33.3. The van der Waals surface area contributed by atoms with Crippen molar-refractivity contribution < 1.29 is 24.2 Å². The van der Waals surface area contributed by atoms with Gasteiger partial charge in [-0.05, 0) is 25.8 Å². The molecule has 3 atom stereocenters. The number of methoxy groups -OCH3 is 1. The maximum Gasteiger partial charge on any atom is 0.352 e. The van der Waals surface area contributed by atoms with Crippen molar-refractivity contribution in [2.75, 3.05) is 12.9 Å². The molecule has 0 spiro atoms. The van der Waals surface area contributed by atoms with Crippen LogP contribution in [0.3, 0.4) is 0 Å². The van der Waals surface area contributed by atoms with Gasteiger partial charge in [0, 0.05) is 31.5 Å². The number of ether oxygens (including phenoxy) is 1. The lowest BCUT2D eigenvalue weighted by atomic mass is 9.94. The Bertz CT molecular complexity index is 673. The van der Waals surface area contributed by atoms with Crippen LogP contribution in [0.4, 0.5) is 0 Å². The molecule has 0 bridgehead atoms. The lowest BCUT2D eigenvalue weighted by molar-refractivity contribution is -0.192. The molecule has 0 aromatic carbocycles. The van der Waals surface area contributed by atoms with Crippen molar-refractivity contribution in [3.8, 4) is 0 Å². The van der Waals surface area contributed by atoms with Gasteiger partial charge in [0.05, 0.1) is 5.92 Å². The number of carbonyl (C=O) groups excluding carboxylic acids is 2. The largest absolute Gasteiger partial charge is 0.477 e. The van der Waals surface area contributed by atoms with E-state index in [1.807, 2.05) is 6.20 Å². The summed E-state index contributed by atoms with van der Waals surface area (Å²) in [6, 6.07) is 0.544. The Kier molecular flexibility index (Phi) is 4.21. The van der Waals surface area contributed by atoms with Gasteiger partial charge >= 0.3 is 5.97 Å². The van der Waals surface area contributed by atoms with Crippen molar-refractivity contribution in [2.24, 2.45) is 5.92 Å². The zero-order valence-corrected chi connectivity index (χ0v) is 14.6. The number of carbonyl (C=O) groups is 3. The molecule has 0 unspecified atom stereocenters. The van der Waals surface area contributed by atoms with Gasteiger partial charge in [0.15, 0.2) is 0 Å². The monoisotopic (exact) mass is 352 g/mol. The summed E-state index contributed by atoms with van der Waals surface area (Å²) in [7, 11) is 1.50. The Hall–Kier alpha value is -1.80. The van der Waals surface area contributed by atoms with Crippen molar-refractivity contribution in [2.45, 2.75) is 37.8 Å². The first-order valence-corrected chi connectivity index (χ1v) is 8.76. The minimum absolute atomic E-state index is 0.0729. The molecular formula is C16H20N2O5S. The minimum atomic E-state index is -1.07. The van der Waals surface area contributed by atoms with Crippen LogP contribution < -0.4 is 0 Å². The predicted molar refractivity (Wildman–Crippen MR) is 87.6 cm³/mol. The molecule has 1 N–H and O–H groups in total. The number of rotatable bonds is 2. The first-order valence-electron chi connectivity index (χ1n) is 7.77. The lowest BCUT2D eigenvalue weighted by Gasteiger charge is -2.56. The van der Waals surface area contributed by atoms with Gasteiger partial charge in [-0.15, -0.1) is 0 Å². The first-order chi connectivity index (χ1) is 11.3. The van der Waals surface area contributed by atoms with E-state index in [4.69, 9.17) is 9.84 Å². The van der Waals surface area contributed by atoms with E-state index in [0.717, 1.165) is 12.8 Å². The van der Waals surface area contributed by atoms with Gasteiger partial charge in [-0.3, -0.25) is 14.5 Å². The van der Waals surface area contributed by atoms with Crippen LogP contribution in [0, 0.1) is 5.92 Å². The molecule has 4 rings (SSSR count). The number of hydrogen-bond donors (Lipinski definition) is 1. The average Bonchev–Trinajstić information content (AvgIpc) is 2.95. The van der Waals surface area contributed by atoms with Crippen molar-refractivity contribution in [1.29, 1.82) is 0 Å². The van der Waals surface area contributed by atoms with Crippen LogP contribution in [-0.4, -0.2) is 56.7 Å². The molecule has 2 fully saturated rings. The number of fused-ring (bicyclic) bond motifs is 2. The number of hydrogen-bond acceptors (Lipinski definition) is 5. The summed E-state index contributed by atoms with van der Waals surface area (Å²) in [6.45, 7) is 3.49. The number of amides is 2. The van der Waals surface area contributed by atoms with Crippen molar-refractivity contribution in [3.05, 3.63) is 23.5 Å². The summed E-state index contributed by atoms with van der Waals surface area (Å²) >= 11 is 1.46. The highest BCUT2D eigenvalue weighted by Gasteiger charge is 2.63. The predicted octanol–water partition coefficient (Wildman–Crippen LogP) is 1.38. The highest BCUT2D eigenvalue weighted by molar-refractivity contribution is 8.00. The molecule has 4 aliphatic heterocycles. The number of aliphatic carboxylic acids is 1. The van der Waals surface area contributed by atoms with Crippen LogP contribution in [0.1, 0.15) is 26.7 Å². The third-order valence-electron chi connectivity index (χ3n) is 4.83. The Balaban J connectivity index is 0.000000175. The summed E-state index contributed by atoms with van der Waals surface area (Å²) in [5.41, 5.74) is 0.772. The van der Waals surface area contributed by atoms with E-state index >= 15 is 0 Å². The number of thioether (sulfide) groups is 1. The van der Waals surface area contributed by atoms with E-state index in [1.165, 1.54) is 23.8 Å². The van der Waals surface area contributed by atoms with E-state index in [0.29, 0.717) is 17.4 Å². The topological polar surface area (TPSA) is 87.1 Å². The highest BCUT2D eigenvalue weighted by Crippen LogP contribution is 2.53. The third-order valence-corrected chi connectivity index (χ3v) is 6.53. The van der Waals surface area contributed by atoms with Crippen LogP contribution in [0.25, 0.3) is 0 Å². The summed E-state index contributed by atoms with van der Waals surface area (Å²) in [5, 5.41) is 8.31. The van der Waals surface area contributed by atoms with Crippen LogP contribution >= 0.6 is 11.8 Å². The SMILES string of the molecule is CO[C@]12SCC(C)=C(C(=O)O)N1C(=O)[C@H]2C.O=C1C[C@H]2CC=CN12. The second-order valence-electron chi connectivity index (χ2n) is 6.23. The zero-order valence-electron chi connectivity index (χ0n) is 13.8. The smallest absolute Gasteiger partial charge is 0.352 e. The summed E-state index contributed by atoms with van der Waals surface area (Å²) in [4.78, 5) is 36.6. The van der Waals surface area contributed by atoms with Gasteiger partial charge in [0.2, 0.25) is 16.9 Å². The number of β-lactam (4-membered cyclic amide) rings is 2. The van der Waals surface area contributed by atoms with E-state index < -0.39 is 11.0 Å². The molecule has 8 heteroatoms. The number of carboxylic acid groups (broad SMARTS) is 1. The molecule has 4 aliphatic rings. The van der Waals surface area contributed by atoms with Gasteiger partial charge in [-0.1, -0.05) is 17.8 Å². The Labute approximate surface area is 144 Å². The molecule has 2 saturated heterocycles. The first kappa shape index (κ1) is 17.0. The van der Waals surface area contributed by atoms with Gasteiger partial charge in [0.1, 0.15) is 5.70 Å². The van der Waals surface area contributed by atoms with Crippen LogP contribution in [0.2, 0.25) is 0 Å². The molecular weight excluding hydrogens is 332 g/mol. The standard InChI is InChI=1S/C10H13NO4S.C6H7NO/c1-5-4-16-10(15-3)6(2)8(12)11(10)7(5)9(13)14;8-6-4-5-2-1-3-7(5)6/h6H,4H2,1-3H3,(H,13,14);1,3,5H,2,4H2/t6-,10-;5-/m11/s1. The molecule has 2 amide bonds. The fourth-order valence-corrected chi connectivity index (χ4v) is 4.73. The van der Waals surface area contributed by atoms with Gasteiger partial charge in [-0.2, -0.15) is 0 Å². The van der Waals surface area contributed by atoms with E-state index in [-0.39, 0.29) is 23.4 Å². The second-order valence-corrected chi connectivity index (χ2v) is 7.39. The van der Waals surface area contributed by atoms with Crippen molar-refractivity contribution in [3.63, 3.8) is 0 Å². The fraction of sp³-hybridized carbons (Fsp3) is 0.562. The van der Waals surface area contributed by atoms with E-state index in [2.05, 4.69) is 6.08 Å². The summed E-state index contributed by atoms with van der Waals surface area (Å²) in [5.74, 6) is -0.706. The molecule has 0 radical (unpaired) electrons. The summed E-state index contributed by atoms with van der Waals surface area (Å²) < 4.78 is 5.36. The van der Waals surface area contributed by atoms with Crippen molar-refractivity contribution in [1.82, 2.24) is 9.80 Å². The molecule has 0 aromatic rings. The van der Waals surface area contributed by atoms with Gasteiger partial charge < -0.3 is 14.7 Å².